The molecular weight excluding hydrogens is 364 g/mol. The van der Waals surface area contributed by atoms with Crippen LogP contribution in [0, 0.1) is 18.8 Å². The first kappa shape index (κ1) is 20.0. The van der Waals surface area contributed by atoms with Crippen molar-refractivity contribution in [1.29, 1.82) is 0 Å². The Labute approximate surface area is 172 Å². The summed E-state index contributed by atoms with van der Waals surface area (Å²) >= 11 is 0. The Morgan fingerprint density at radius 3 is 2.55 bits per heavy atom. The fourth-order valence-electron chi connectivity index (χ4n) is 4.54. The van der Waals surface area contributed by atoms with Crippen LogP contribution >= 0.6 is 0 Å². The maximum Gasteiger partial charge on any atom is 0.223 e. The molecular formula is C23H30N4O2. The number of rotatable bonds is 5. The molecule has 0 unspecified atom stereocenters. The van der Waals surface area contributed by atoms with Gasteiger partial charge in [0.2, 0.25) is 5.91 Å². The summed E-state index contributed by atoms with van der Waals surface area (Å²) in [6.45, 7) is 4.17. The van der Waals surface area contributed by atoms with Gasteiger partial charge in [-0.1, -0.05) is 0 Å². The van der Waals surface area contributed by atoms with Crippen molar-refractivity contribution >= 4 is 5.91 Å². The van der Waals surface area contributed by atoms with Crippen molar-refractivity contribution < 1.29 is 9.53 Å². The number of aromatic nitrogens is 3. The number of nitrogens with one attached hydrogen (secondary N) is 1. The van der Waals surface area contributed by atoms with E-state index in [0.717, 1.165) is 67.7 Å². The highest BCUT2D eigenvalue weighted by Gasteiger charge is 2.27. The van der Waals surface area contributed by atoms with E-state index >= 15 is 0 Å². The van der Waals surface area contributed by atoms with Crippen LogP contribution in [0.5, 0.6) is 0 Å². The van der Waals surface area contributed by atoms with Gasteiger partial charge >= 0.3 is 0 Å². The maximum atomic E-state index is 12.4. The lowest BCUT2D eigenvalue weighted by molar-refractivity contribution is -0.128. The number of ether oxygens (including phenoxy) is 1. The molecule has 2 fully saturated rings. The number of carbonyl (C=O) groups is 1. The SMILES string of the molecule is Cc1ncc(-c2ccncc2)c(C2CCC(CNC(=O)C3CCOCC3)CC2)n1. The maximum absolute atomic E-state index is 12.4. The van der Waals surface area contributed by atoms with E-state index in [4.69, 9.17) is 9.72 Å². The van der Waals surface area contributed by atoms with Crippen LogP contribution in [0.2, 0.25) is 0 Å². The fourth-order valence-corrected chi connectivity index (χ4v) is 4.54. The third-order valence-corrected chi connectivity index (χ3v) is 6.32. The van der Waals surface area contributed by atoms with Crippen molar-refractivity contribution in [1.82, 2.24) is 20.3 Å². The molecule has 0 atom stereocenters. The molecule has 0 spiro atoms. The molecule has 2 aromatic heterocycles. The molecule has 2 aliphatic rings. The Morgan fingerprint density at radius 1 is 1.10 bits per heavy atom. The summed E-state index contributed by atoms with van der Waals surface area (Å²) in [5.74, 6) is 2.17. The van der Waals surface area contributed by atoms with E-state index < -0.39 is 0 Å². The molecule has 1 N–H and O–H groups in total. The molecule has 0 radical (unpaired) electrons. The average Bonchev–Trinajstić information content (AvgIpc) is 2.79. The van der Waals surface area contributed by atoms with Crippen LogP contribution in [0.15, 0.2) is 30.7 Å². The lowest BCUT2D eigenvalue weighted by Gasteiger charge is -2.30. The van der Waals surface area contributed by atoms with Crippen LogP contribution in [0.1, 0.15) is 56.0 Å². The number of carbonyl (C=O) groups excluding carboxylic acids is 1. The summed E-state index contributed by atoms with van der Waals surface area (Å²) < 4.78 is 5.35. The third-order valence-electron chi connectivity index (χ3n) is 6.32. The number of pyridine rings is 1. The lowest BCUT2D eigenvalue weighted by Crippen LogP contribution is -2.37. The summed E-state index contributed by atoms with van der Waals surface area (Å²) in [6, 6.07) is 4.05. The minimum Gasteiger partial charge on any atom is -0.381 e. The minimum absolute atomic E-state index is 0.131. The van der Waals surface area contributed by atoms with Gasteiger partial charge < -0.3 is 10.1 Å². The highest BCUT2D eigenvalue weighted by molar-refractivity contribution is 5.78. The summed E-state index contributed by atoms with van der Waals surface area (Å²) in [7, 11) is 0. The van der Waals surface area contributed by atoms with E-state index in [0.29, 0.717) is 25.0 Å². The highest BCUT2D eigenvalue weighted by Crippen LogP contribution is 2.38. The second kappa shape index (κ2) is 9.44. The molecule has 1 amide bonds. The molecule has 4 rings (SSSR count). The van der Waals surface area contributed by atoms with Gasteiger partial charge in [-0.05, 0) is 69.1 Å². The highest BCUT2D eigenvalue weighted by atomic mass is 16.5. The first-order chi connectivity index (χ1) is 14.2. The average molecular weight is 395 g/mol. The van der Waals surface area contributed by atoms with Crippen LogP contribution in [-0.2, 0) is 9.53 Å². The standard InChI is InChI=1S/C23H30N4O2/c1-16-25-15-21(18-6-10-24-11-7-18)22(27-16)19-4-2-17(3-5-19)14-26-23(28)20-8-12-29-13-9-20/h6-7,10-11,15,17,19-20H,2-5,8-9,12-14H2,1H3,(H,26,28). The van der Waals surface area contributed by atoms with Gasteiger partial charge in [0.25, 0.3) is 0 Å². The topological polar surface area (TPSA) is 77.0 Å². The molecule has 2 aromatic rings. The van der Waals surface area contributed by atoms with Crippen molar-refractivity contribution in [2.24, 2.45) is 11.8 Å². The largest absolute Gasteiger partial charge is 0.381 e. The van der Waals surface area contributed by atoms with Crippen LogP contribution in [0.25, 0.3) is 11.1 Å². The third kappa shape index (κ3) is 4.99. The van der Waals surface area contributed by atoms with Crippen LogP contribution in [-0.4, -0.2) is 40.6 Å². The molecule has 1 saturated carbocycles. The van der Waals surface area contributed by atoms with Gasteiger partial charge in [-0.3, -0.25) is 9.78 Å². The summed E-state index contributed by atoms with van der Waals surface area (Å²) in [5.41, 5.74) is 3.41. The Bertz CT molecular complexity index is 813. The molecule has 0 bridgehead atoms. The van der Waals surface area contributed by atoms with E-state index in [1.807, 2.05) is 37.6 Å². The smallest absolute Gasteiger partial charge is 0.223 e. The molecule has 0 aromatic carbocycles. The first-order valence-corrected chi connectivity index (χ1v) is 10.8. The van der Waals surface area contributed by atoms with Crippen molar-refractivity contribution in [3.63, 3.8) is 0 Å². The second-order valence-electron chi connectivity index (χ2n) is 8.30. The van der Waals surface area contributed by atoms with Gasteiger partial charge in [-0.15, -0.1) is 0 Å². The zero-order valence-electron chi connectivity index (χ0n) is 17.1. The summed E-state index contributed by atoms with van der Waals surface area (Å²) in [5, 5.41) is 3.20. The molecule has 1 aliphatic heterocycles. The quantitative estimate of drug-likeness (QED) is 0.837. The van der Waals surface area contributed by atoms with Crippen molar-refractivity contribution in [3.8, 4) is 11.1 Å². The van der Waals surface area contributed by atoms with Gasteiger partial charge in [0, 0.05) is 55.7 Å². The van der Waals surface area contributed by atoms with Crippen molar-refractivity contribution in [2.45, 2.75) is 51.4 Å². The first-order valence-electron chi connectivity index (χ1n) is 10.8. The second-order valence-corrected chi connectivity index (χ2v) is 8.30. The van der Waals surface area contributed by atoms with Gasteiger partial charge in [-0.25, -0.2) is 9.97 Å². The van der Waals surface area contributed by atoms with Gasteiger partial charge in [0.1, 0.15) is 5.82 Å². The van der Waals surface area contributed by atoms with Crippen LogP contribution in [0.4, 0.5) is 0 Å². The lowest BCUT2D eigenvalue weighted by atomic mass is 9.79. The van der Waals surface area contributed by atoms with Gasteiger partial charge in [-0.2, -0.15) is 0 Å². The predicted octanol–water partition coefficient (Wildman–Crippen LogP) is 3.66. The summed E-state index contributed by atoms with van der Waals surface area (Å²) in [6.07, 6.45) is 11.7. The van der Waals surface area contributed by atoms with Crippen LogP contribution < -0.4 is 5.32 Å². The number of amides is 1. The molecule has 1 aliphatic carbocycles. The molecule has 3 heterocycles. The summed E-state index contributed by atoms with van der Waals surface area (Å²) in [4.78, 5) is 25.8. The molecule has 6 nitrogen and oxygen atoms in total. The molecule has 154 valence electrons. The molecule has 29 heavy (non-hydrogen) atoms. The molecule has 6 heteroatoms. The van der Waals surface area contributed by atoms with E-state index in [2.05, 4.69) is 15.3 Å². The minimum atomic E-state index is 0.131. The number of aryl methyl sites for hydroxylation is 1. The normalized spacial score (nSPS) is 22.9. The Morgan fingerprint density at radius 2 is 1.83 bits per heavy atom. The Kier molecular flexibility index (Phi) is 6.49. The Hall–Kier alpha value is -2.34. The number of nitrogens with zero attached hydrogens (tertiary/aromatic N) is 3. The van der Waals surface area contributed by atoms with E-state index in [-0.39, 0.29) is 11.8 Å². The van der Waals surface area contributed by atoms with Crippen LogP contribution in [0.3, 0.4) is 0 Å². The number of hydrogen-bond donors (Lipinski definition) is 1. The van der Waals surface area contributed by atoms with Crippen molar-refractivity contribution in [3.05, 3.63) is 42.2 Å². The van der Waals surface area contributed by atoms with Crippen molar-refractivity contribution in [2.75, 3.05) is 19.8 Å². The monoisotopic (exact) mass is 394 g/mol. The van der Waals surface area contributed by atoms with E-state index in [1.54, 1.807) is 0 Å². The van der Waals surface area contributed by atoms with E-state index in [9.17, 15) is 4.79 Å². The fraction of sp³-hybridized carbons (Fsp3) is 0.565. The van der Waals surface area contributed by atoms with Gasteiger partial charge in [0.05, 0.1) is 5.69 Å². The zero-order chi connectivity index (χ0) is 20.1. The predicted molar refractivity (Wildman–Crippen MR) is 111 cm³/mol. The van der Waals surface area contributed by atoms with Gasteiger partial charge in [0.15, 0.2) is 0 Å². The Balaban J connectivity index is 1.35. The number of hydrogen-bond acceptors (Lipinski definition) is 5. The molecule has 1 saturated heterocycles. The van der Waals surface area contributed by atoms with E-state index in [1.165, 1.54) is 0 Å². The zero-order valence-corrected chi connectivity index (χ0v) is 17.1.